The molecule has 0 aliphatic rings. The smallest absolute Gasteiger partial charge is 0.355 e. The number of thiophene rings is 1. The molecular weight excluding hydrogens is 400 g/mol. The molecule has 3 rings (SSSR count). The Labute approximate surface area is 167 Å². The first-order valence-electron chi connectivity index (χ1n) is 8.43. The van der Waals surface area contributed by atoms with Crippen molar-refractivity contribution in [1.29, 1.82) is 0 Å². The van der Waals surface area contributed by atoms with Crippen LogP contribution in [0, 0.1) is 34.6 Å². The van der Waals surface area contributed by atoms with Crippen LogP contribution in [0.2, 0.25) is 0 Å². The number of nitrogens with one attached hydrogen (secondary N) is 1. The van der Waals surface area contributed by atoms with Crippen molar-refractivity contribution in [2.24, 2.45) is 0 Å². The summed E-state index contributed by atoms with van der Waals surface area (Å²) in [7, 11) is -4.05. The molecule has 0 aliphatic heterocycles. The molecule has 3 aromatic rings. The van der Waals surface area contributed by atoms with E-state index in [1.165, 1.54) is 11.4 Å². The molecule has 0 spiro atoms. The number of aromatic nitrogens is 1. The third-order valence-corrected chi connectivity index (χ3v) is 6.68. The van der Waals surface area contributed by atoms with Crippen molar-refractivity contribution in [2.45, 2.75) is 39.5 Å². The van der Waals surface area contributed by atoms with Crippen molar-refractivity contribution in [1.82, 2.24) is 5.16 Å². The van der Waals surface area contributed by atoms with E-state index in [0.29, 0.717) is 17.0 Å². The summed E-state index contributed by atoms with van der Waals surface area (Å²) in [4.78, 5) is 12.5. The van der Waals surface area contributed by atoms with Crippen molar-refractivity contribution in [2.75, 3.05) is 4.72 Å². The number of rotatable bonds is 5. The second kappa shape index (κ2) is 7.40. The molecule has 0 aliphatic carbocycles. The highest BCUT2D eigenvalue weighted by Crippen LogP contribution is 2.30. The van der Waals surface area contributed by atoms with E-state index >= 15 is 0 Å². The minimum absolute atomic E-state index is 0.0132. The number of aryl methyl sites for hydroxylation is 4. The van der Waals surface area contributed by atoms with Crippen molar-refractivity contribution >= 4 is 33.2 Å². The number of anilines is 1. The average molecular weight is 421 g/mol. The minimum atomic E-state index is -4.05. The number of esters is 1. The van der Waals surface area contributed by atoms with Gasteiger partial charge in [0.25, 0.3) is 10.0 Å². The summed E-state index contributed by atoms with van der Waals surface area (Å²) in [5, 5.41) is 5.26. The van der Waals surface area contributed by atoms with E-state index in [0.717, 1.165) is 28.0 Å². The van der Waals surface area contributed by atoms with Crippen LogP contribution in [0.5, 0.6) is 5.75 Å². The molecule has 0 radical (unpaired) electrons. The molecule has 1 N–H and O–H groups in total. The van der Waals surface area contributed by atoms with Gasteiger partial charge in [0.15, 0.2) is 0 Å². The quantitative estimate of drug-likeness (QED) is 0.488. The second-order valence-electron chi connectivity index (χ2n) is 6.56. The molecule has 2 heterocycles. The zero-order chi connectivity index (χ0) is 20.6. The molecule has 0 amide bonds. The maximum Gasteiger partial charge on any atom is 0.355 e. The number of hydrogen-bond acceptors (Lipinski definition) is 7. The Morgan fingerprint density at radius 1 is 1.14 bits per heavy atom. The summed E-state index contributed by atoms with van der Waals surface area (Å²) in [6, 6.07) is 5.16. The van der Waals surface area contributed by atoms with E-state index in [4.69, 9.17) is 9.26 Å². The Morgan fingerprint density at radius 2 is 1.79 bits per heavy atom. The van der Waals surface area contributed by atoms with Crippen LogP contribution in [0.4, 0.5) is 5.88 Å². The second-order valence-corrected chi connectivity index (χ2v) is 9.13. The number of carbonyl (C=O) groups excluding carboxylic acids is 1. The fourth-order valence-electron chi connectivity index (χ4n) is 2.81. The van der Waals surface area contributed by atoms with Crippen LogP contribution < -0.4 is 9.46 Å². The van der Waals surface area contributed by atoms with Crippen LogP contribution in [-0.4, -0.2) is 19.5 Å². The monoisotopic (exact) mass is 420 g/mol. The van der Waals surface area contributed by atoms with E-state index in [1.807, 2.05) is 32.9 Å². The van der Waals surface area contributed by atoms with Crippen LogP contribution in [-0.2, 0) is 10.0 Å². The highest BCUT2D eigenvalue weighted by molar-refractivity contribution is 7.93. The third kappa shape index (κ3) is 3.81. The van der Waals surface area contributed by atoms with Gasteiger partial charge >= 0.3 is 5.97 Å². The summed E-state index contributed by atoms with van der Waals surface area (Å²) in [6.45, 7) is 9.02. The summed E-state index contributed by atoms with van der Waals surface area (Å²) in [5.74, 6) is -0.272. The third-order valence-electron chi connectivity index (χ3n) is 4.29. The van der Waals surface area contributed by atoms with E-state index in [9.17, 15) is 13.2 Å². The highest BCUT2D eigenvalue weighted by Gasteiger charge is 2.28. The molecule has 7 nitrogen and oxygen atoms in total. The van der Waals surface area contributed by atoms with Gasteiger partial charge in [-0.15, -0.1) is 11.3 Å². The van der Waals surface area contributed by atoms with Gasteiger partial charge in [0.2, 0.25) is 5.88 Å². The molecule has 1 aromatic carbocycles. The van der Waals surface area contributed by atoms with Crippen molar-refractivity contribution < 1.29 is 22.5 Å². The number of carbonyl (C=O) groups is 1. The predicted octanol–water partition coefficient (Wildman–Crippen LogP) is 4.30. The Kier molecular flexibility index (Phi) is 5.31. The van der Waals surface area contributed by atoms with Crippen LogP contribution in [0.1, 0.15) is 37.6 Å². The number of hydrogen-bond donors (Lipinski definition) is 1. The number of ether oxygens (including phenoxy) is 1. The lowest BCUT2D eigenvalue weighted by molar-refractivity contribution is 0.0733. The largest absolute Gasteiger partial charge is 0.422 e. The standard InChI is InChI=1S/C19H20N2O5S2/c1-10-8-11(2)16(12(3)9-10)25-19(22)17-15(6-7-27-17)28(23,24)21-18-13(4)14(5)20-26-18/h6-9,21H,1-5H3. The molecule has 9 heteroatoms. The van der Waals surface area contributed by atoms with E-state index < -0.39 is 16.0 Å². The molecule has 28 heavy (non-hydrogen) atoms. The summed E-state index contributed by atoms with van der Waals surface area (Å²) >= 11 is 0.999. The average Bonchev–Trinajstić information content (AvgIpc) is 3.21. The summed E-state index contributed by atoms with van der Waals surface area (Å²) in [5.41, 5.74) is 3.81. The molecule has 2 aromatic heterocycles. The normalized spacial score (nSPS) is 11.5. The zero-order valence-corrected chi connectivity index (χ0v) is 17.7. The molecule has 148 valence electrons. The zero-order valence-electron chi connectivity index (χ0n) is 16.1. The SMILES string of the molecule is Cc1cc(C)c(OC(=O)c2sccc2S(=O)(=O)Nc2onc(C)c2C)c(C)c1. The topological polar surface area (TPSA) is 98.5 Å². The van der Waals surface area contributed by atoms with Crippen molar-refractivity contribution in [3.05, 3.63) is 56.4 Å². The molecule has 0 atom stereocenters. The van der Waals surface area contributed by atoms with Crippen molar-refractivity contribution in [3.8, 4) is 5.75 Å². The molecule has 0 unspecified atom stereocenters. The molecule has 0 saturated carbocycles. The molecular formula is C19H20N2O5S2. The van der Waals surface area contributed by atoms with Gasteiger partial charge in [-0.05, 0) is 57.2 Å². The fraction of sp³-hybridized carbons (Fsp3) is 0.263. The first kappa shape index (κ1) is 20.1. The molecule has 0 saturated heterocycles. The molecule has 0 fully saturated rings. The van der Waals surface area contributed by atoms with Gasteiger partial charge in [0, 0.05) is 5.56 Å². The number of sulfonamides is 1. The Hall–Kier alpha value is -2.65. The number of benzene rings is 1. The van der Waals surface area contributed by atoms with Crippen LogP contribution >= 0.6 is 11.3 Å². The van der Waals surface area contributed by atoms with Gasteiger partial charge in [0.05, 0.1) is 5.69 Å². The Bertz CT molecular complexity index is 1140. The van der Waals surface area contributed by atoms with Crippen LogP contribution in [0.3, 0.4) is 0 Å². The fourth-order valence-corrected chi connectivity index (χ4v) is 5.15. The van der Waals surface area contributed by atoms with Crippen LogP contribution in [0.25, 0.3) is 0 Å². The van der Waals surface area contributed by atoms with Crippen LogP contribution in [0.15, 0.2) is 33.0 Å². The van der Waals surface area contributed by atoms with Crippen molar-refractivity contribution in [3.63, 3.8) is 0 Å². The minimum Gasteiger partial charge on any atom is -0.422 e. The maximum absolute atomic E-state index is 12.8. The summed E-state index contributed by atoms with van der Waals surface area (Å²) in [6.07, 6.45) is 0. The van der Waals surface area contributed by atoms with E-state index in [1.54, 1.807) is 13.8 Å². The first-order chi connectivity index (χ1) is 13.1. The lowest BCUT2D eigenvalue weighted by Gasteiger charge is -2.12. The van der Waals surface area contributed by atoms with Gasteiger partial charge in [0.1, 0.15) is 15.5 Å². The Balaban J connectivity index is 1.91. The van der Waals surface area contributed by atoms with E-state index in [2.05, 4.69) is 9.88 Å². The lowest BCUT2D eigenvalue weighted by Crippen LogP contribution is -2.18. The first-order valence-corrected chi connectivity index (χ1v) is 10.8. The predicted molar refractivity (Wildman–Crippen MR) is 107 cm³/mol. The van der Waals surface area contributed by atoms with E-state index in [-0.39, 0.29) is 15.7 Å². The lowest BCUT2D eigenvalue weighted by atomic mass is 10.1. The van der Waals surface area contributed by atoms with Gasteiger partial charge < -0.3 is 9.26 Å². The van der Waals surface area contributed by atoms with Gasteiger partial charge in [-0.3, -0.25) is 0 Å². The molecule has 0 bridgehead atoms. The Morgan fingerprint density at radius 3 is 2.36 bits per heavy atom. The number of nitrogens with zero attached hydrogens (tertiary/aromatic N) is 1. The highest BCUT2D eigenvalue weighted by atomic mass is 32.2. The maximum atomic E-state index is 12.8. The van der Waals surface area contributed by atoms with Gasteiger partial charge in [-0.25, -0.2) is 17.9 Å². The van der Waals surface area contributed by atoms with Gasteiger partial charge in [-0.2, -0.15) is 0 Å². The van der Waals surface area contributed by atoms with Gasteiger partial charge in [-0.1, -0.05) is 22.9 Å². The summed E-state index contributed by atoms with van der Waals surface area (Å²) < 4.78 is 38.4.